The lowest BCUT2D eigenvalue weighted by atomic mass is 10.2. The van der Waals surface area contributed by atoms with Crippen molar-refractivity contribution in [2.24, 2.45) is 0 Å². The van der Waals surface area contributed by atoms with E-state index in [-0.39, 0.29) is 5.91 Å². The van der Waals surface area contributed by atoms with Crippen molar-refractivity contribution in [1.82, 2.24) is 10.3 Å². The summed E-state index contributed by atoms with van der Waals surface area (Å²) in [4.78, 5) is 15.4. The summed E-state index contributed by atoms with van der Waals surface area (Å²) in [5.74, 6) is 2.44. The minimum absolute atomic E-state index is 0.109. The Labute approximate surface area is 147 Å². The molecule has 0 aliphatic rings. The van der Waals surface area contributed by atoms with Crippen LogP contribution in [0.25, 0.3) is 10.9 Å². The predicted molar refractivity (Wildman–Crippen MR) is 96.8 cm³/mol. The van der Waals surface area contributed by atoms with Crippen LogP contribution in [-0.2, 0) is 4.79 Å². The lowest BCUT2D eigenvalue weighted by Gasteiger charge is -2.12. The summed E-state index contributed by atoms with van der Waals surface area (Å²) in [6, 6.07) is 5.43. The van der Waals surface area contributed by atoms with Crippen molar-refractivity contribution >= 4 is 16.8 Å². The topological polar surface area (TPSA) is 69.7 Å². The van der Waals surface area contributed by atoms with Crippen LogP contribution in [0, 0.1) is 0 Å². The summed E-state index contributed by atoms with van der Waals surface area (Å²) >= 11 is 0. The van der Waals surface area contributed by atoms with Crippen LogP contribution >= 0.6 is 0 Å². The van der Waals surface area contributed by atoms with Crippen LogP contribution in [-0.4, -0.2) is 25.1 Å². The number of benzene rings is 1. The molecule has 0 radical (unpaired) electrons. The van der Waals surface area contributed by atoms with Gasteiger partial charge in [0.25, 0.3) is 0 Å². The zero-order valence-electron chi connectivity index (χ0n) is 15.0. The van der Waals surface area contributed by atoms with Crippen molar-refractivity contribution in [2.45, 2.75) is 20.8 Å². The summed E-state index contributed by atoms with van der Waals surface area (Å²) in [5.41, 5.74) is 1.48. The third-order valence-corrected chi connectivity index (χ3v) is 3.42. The number of hydrogen-bond acceptors (Lipinski definition) is 5. The van der Waals surface area contributed by atoms with Crippen LogP contribution in [0.15, 0.2) is 48.0 Å². The minimum Gasteiger partial charge on any atom is -0.493 e. The summed E-state index contributed by atoms with van der Waals surface area (Å²) in [6.45, 7) is 5.11. The molecule has 0 saturated carbocycles. The molecule has 1 amide bonds. The number of allylic oxidation sites excluding steroid dienone is 4. The van der Waals surface area contributed by atoms with E-state index in [9.17, 15) is 4.79 Å². The molecule has 0 aliphatic carbocycles. The van der Waals surface area contributed by atoms with Gasteiger partial charge in [-0.1, -0.05) is 0 Å². The molecule has 2 rings (SSSR count). The Hall–Kier alpha value is -3.02. The number of nitrogens with one attached hydrogen (secondary N) is 1. The summed E-state index contributed by atoms with van der Waals surface area (Å²) in [5, 5.41) is 3.52. The molecule has 0 fully saturated rings. The van der Waals surface area contributed by atoms with Crippen molar-refractivity contribution in [3.05, 3.63) is 48.0 Å². The average molecular weight is 342 g/mol. The van der Waals surface area contributed by atoms with Crippen LogP contribution in [0.1, 0.15) is 20.8 Å². The molecule has 2 aromatic rings. The number of nitrogens with zero attached hydrogens (tertiary/aromatic N) is 1. The number of carbonyl (C=O) groups excluding carboxylic acids is 1. The number of ether oxygens (including phenoxy) is 3. The van der Waals surface area contributed by atoms with E-state index in [1.807, 2.05) is 19.9 Å². The Morgan fingerprint density at radius 3 is 2.36 bits per heavy atom. The molecule has 1 aromatic carbocycles. The molecule has 6 heteroatoms. The summed E-state index contributed by atoms with van der Waals surface area (Å²) in [7, 11) is 3.17. The third-order valence-electron chi connectivity index (χ3n) is 3.42. The highest BCUT2D eigenvalue weighted by atomic mass is 16.5. The van der Waals surface area contributed by atoms with Gasteiger partial charge in [-0.25, -0.2) is 0 Å². The third kappa shape index (κ3) is 4.73. The highest BCUT2D eigenvalue weighted by Crippen LogP contribution is 2.35. The molecule has 25 heavy (non-hydrogen) atoms. The number of hydrogen-bond donors (Lipinski definition) is 1. The molecular weight excluding hydrogens is 320 g/mol. The van der Waals surface area contributed by atoms with E-state index < -0.39 is 0 Å². The first-order chi connectivity index (χ1) is 11.9. The average Bonchev–Trinajstić information content (AvgIpc) is 2.58. The SMILES string of the molecule is COc1cc2nccc(O/C(C)=C/C=C(\C)NC(C)=O)c2cc1OC. The van der Waals surface area contributed by atoms with Gasteiger partial charge in [-0.05, 0) is 38.1 Å². The molecule has 132 valence electrons. The van der Waals surface area contributed by atoms with E-state index in [1.165, 1.54) is 6.92 Å². The molecule has 0 bridgehead atoms. The second kappa shape index (κ2) is 8.19. The number of carbonyl (C=O) groups is 1. The van der Waals surface area contributed by atoms with Crippen molar-refractivity contribution < 1.29 is 19.0 Å². The zero-order valence-corrected chi connectivity index (χ0v) is 15.0. The molecule has 0 spiro atoms. The fraction of sp³-hybridized carbons (Fsp3) is 0.263. The van der Waals surface area contributed by atoms with Gasteiger partial charge in [0, 0.05) is 30.3 Å². The Morgan fingerprint density at radius 2 is 1.72 bits per heavy atom. The second-order valence-electron chi connectivity index (χ2n) is 5.44. The second-order valence-corrected chi connectivity index (χ2v) is 5.44. The van der Waals surface area contributed by atoms with E-state index in [0.29, 0.717) is 23.0 Å². The Kier molecular flexibility index (Phi) is 6.00. The van der Waals surface area contributed by atoms with Crippen LogP contribution in [0.4, 0.5) is 0 Å². The monoisotopic (exact) mass is 342 g/mol. The maximum atomic E-state index is 11.0. The van der Waals surface area contributed by atoms with Crippen LogP contribution in [0.5, 0.6) is 17.2 Å². The number of rotatable bonds is 6. The normalized spacial score (nSPS) is 12.0. The van der Waals surface area contributed by atoms with Crippen LogP contribution in [0.3, 0.4) is 0 Å². The van der Waals surface area contributed by atoms with Crippen molar-refractivity contribution in [1.29, 1.82) is 0 Å². The van der Waals surface area contributed by atoms with Crippen LogP contribution in [0.2, 0.25) is 0 Å². The van der Waals surface area contributed by atoms with E-state index in [0.717, 1.165) is 16.6 Å². The first kappa shape index (κ1) is 18.3. The van der Waals surface area contributed by atoms with Crippen molar-refractivity contribution in [3.8, 4) is 17.2 Å². The molecule has 0 atom stereocenters. The fourth-order valence-corrected chi connectivity index (χ4v) is 2.31. The molecule has 0 unspecified atom stereocenters. The number of pyridine rings is 1. The van der Waals surface area contributed by atoms with Gasteiger partial charge in [-0.3, -0.25) is 9.78 Å². The lowest BCUT2D eigenvalue weighted by Crippen LogP contribution is -2.16. The van der Waals surface area contributed by atoms with Gasteiger partial charge >= 0.3 is 0 Å². The van der Waals surface area contributed by atoms with E-state index in [2.05, 4.69) is 10.3 Å². The molecule has 6 nitrogen and oxygen atoms in total. The lowest BCUT2D eigenvalue weighted by molar-refractivity contribution is -0.118. The largest absolute Gasteiger partial charge is 0.493 e. The zero-order chi connectivity index (χ0) is 18.4. The Balaban J connectivity index is 2.33. The number of fused-ring (bicyclic) bond motifs is 1. The van der Waals surface area contributed by atoms with E-state index in [4.69, 9.17) is 14.2 Å². The van der Waals surface area contributed by atoms with Crippen molar-refractivity contribution in [3.63, 3.8) is 0 Å². The van der Waals surface area contributed by atoms with Gasteiger partial charge in [-0.15, -0.1) is 0 Å². The predicted octanol–water partition coefficient (Wildman–Crippen LogP) is 3.57. The minimum atomic E-state index is -0.109. The van der Waals surface area contributed by atoms with Gasteiger partial charge in [0.2, 0.25) is 5.91 Å². The van der Waals surface area contributed by atoms with Gasteiger partial charge in [-0.2, -0.15) is 0 Å². The van der Waals surface area contributed by atoms with E-state index >= 15 is 0 Å². The maximum Gasteiger partial charge on any atom is 0.220 e. The molecular formula is C19H22N2O4. The fourth-order valence-electron chi connectivity index (χ4n) is 2.31. The molecule has 1 aromatic heterocycles. The maximum absolute atomic E-state index is 11.0. The Bertz CT molecular complexity index is 841. The van der Waals surface area contributed by atoms with E-state index in [1.54, 1.807) is 44.7 Å². The van der Waals surface area contributed by atoms with Gasteiger partial charge in [0.05, 0.1) is 19.7 Å². The summed E-state index contributed by atoms with van der Waals surface area (Å²) in [6.07, 6.45) is 5.25. The standard InChI is InChI=1S/C19H22N2O4/c1-12(21-14(3)22)6-7-13(2)25-17-8-9-20-16-11-19(24-5)18(23-4)10-15(16)17/h6-11H,1-5H3,(H,21,22)/b12-6+,13-7+. The molecule has 0 saturated heterocycles. The summed E-state index contributed by atoms with van der Waals surface area (Å²) < 4.78 is 16.6. The van der Waals surface area contributed by atoms with Crippen molar-refractivity contribution in [2.75, 3.05) is 14.2 Å². The number of amides is 1. The molecule has 0 aliphatic heterocycles. The molecule has 1 heterocycles. The first-order valence-electron chi connectivity index (χ1n) is 7.76. The van der Waals surface area contributed by atoms with Gasteiger partial charge in [0.15, 0.2) is 11.5 Å². The first-order valence-corrected chi connectivity index (χ1v) is 7.76. The molecule has 1 N–H and O–H groups in total. The highest BCUT2D eigenvalue weighted by Gasteiger charge is 2.11. The van der Waals surface area contributed by atoms with Gasteiger partial charge in [0.1, 0.15) is 11.5 Å². The Morgan fingerprint density at radius 1 is 1.04 bits per heavy atom. The number of methoxy groups -OCH3 is 2. The smallest absolute Gasteiger partial charge is 0.220 e. The van der Waals surface area contributed by atoms with Crippen LogP contribution < -0.4 is 19.5 Å². The van der Waals surface area contributed by atoms with Gasteiger partial charge < -0.3 is 19.5 Å². The quantitative estimate of drug-likeness (QED) is 0.642. The highest BCUT2D eigenvalue weighted by molar-refractivity contribution is 5.88. The number of aromatic nitrogens is 1.